The van der Waals surface area contributed by atoms with Crippen molar-refractivity contribution < 1.29 is 14.2 Å². The second-order valence-corrected chi connectivity index (χ2v) is 8.56. The summed E-state index contributed by atoms with van der Waals surface area (Å²) in [6.07, 6.45) is 3.86. The Morgan fingerprint density at radius 1 is 1.28 bits per heavy atom. The van der Waals surface area contributed by atoms with Crippen molar-refractivity contribution in [3.8, 4) is 0 Å². The normalized spacial score (nSPS) is 20.3. The summed E-state index contributed by atoms with van der Waals surface area (Å²) in [4.78, 5) is 27.3. The van der Waals surface area contributed by atoms with Gasteiger partial charge in [0, 0.05) is 24.7 Å². The molecule has 2 heterocycles. The van der Waals surface area contributed by atoms with Crippen LogP contribution in [0.5, 0.6) is 0 Å². The fraction of sp³-hybridized carbons (Fsp3) is 0.524. The van der Waals surface area contributed by atoms with Gasteiger partial charge in [-0.05, 0) is 56.2 Å². The van der Waals surface area contributed by atoms with Gasteiger partial charge < -0.3 is 10.2 Å². The second-order valence-electron chi connectivity index (χ2n) is 8.12. The Bertz CT molecular complexity index is 892. The second kappa shape index (κ2) is 8.14. The van der Waals surface area contributed by atoms with Crippen LogP contribution in [0.1, 0.15) is 42.6 Å². The van der Waals surface area contributed by atoms with Gasteiger partial charge in [-0.2, -0.15) is 0 Å². The van der Waals surface area contributed by atoms with Crippen LogP contribution < -0.4 is 5.32 Å². The zero-order valence-corrected chi connectivity index (χ0v) is 17.2. The number of piperidine rings is 1. The van der Waals surface area contributed by atoms with Crippen LogP contribution in [0.4, 0.5) is 0 Å². The molecule has 1 N–H and O–H groups in total. The number of aryl methyl sites for hydroxylation is 1. The average molecular weight is 417 g/mol. The molecule has 2 fully saturated rings. The molecule has 2 aliphatic rings. The van der Waals surface area contributed by atoms with Gasteiger partial charge in [-0.3, -0.25) is 9.59 Å². The molecule has 0 unspecified atom stereocenters. The van der Waals surface area contributed by atoms with Gasteiger partial charge in [-0.25, -0.2) is 4.63 Å². The van der Waals surface area contributed by atoms with Gasteiger partial charge in [0.05, 0.1) is 11.8 Å². The highest BCUT2D eigenvalue weighted by Crippen LogP contribution is 2.48. The van der Waals surface area contributed by atoms with Gasteiger partial charge in [-0.15, -0.1) is 0 Å². The number of likely N-dealkylation sites (tertiary alicyclic amines) is 1. The largest absolute Gasteiger partial charge is 0.355 e. The molecule has 1 atom stereocenters. The molecule has 4 rings (SSSR count). The minimum atomic E-state index is -0.410. The third-order valence-electron chi connectivity index (χ3n) is 6.07. The van der Waals surface area contributed by atoms with E-state index in [4.69, 9.17) is 11.6 Å². The number of carbonyl (C=O) groups excluding carboxylic acids is 2. The van der Waals surface area contributed by atoms with Gasteiger partial charge in [-0.1, -0.05) is 34.0 Å². The molecule has 29 heavy (non-hydrogen) atoms. The fourth-order valence-corrected chi connectivity index (χ4v) is 4.20. The highest BCUT2D eigenvalue weighted by molar-refractivity contribution is 6.30. The van der Waals surface area contributed by atoms with Crippen LogP contribution in [0.2, 0.25) is 5.02 Å². The molecule has 0 bridgehead atoms. The molecule has 7 nitrogen and oxygen atoms in total. The average Bonchev–Trinajstić information content (AvgIpc) is 3.45. The smallest absolute Gasteiger partial charge is 0.230 e. The minimum absolute atomic E-state index is 0.0275. The van der Waals surface area contributed by atoms with Crippen molar-refractivity contribution in [2.75, 3.05) is 19.6 Å². The number of rotatable bonds is 6. The first-order valence-electron chi connectivity index (χ1n) is 10.1. The Kier molecular flexibility index (Phi) is 5.58. The molecule has 1 aromatic heterocycles. The summed E-state index contributed by atoms with van der Waals surface area (Å²) in [6.45, 7) is 3.75. The van der Waals surface area contributed by atoms with Crippen LogP contribution in [-0.2, 0) is 21.4 Å². The lowest BCUT2D eigenvalue weighted by Crippen LogP contribution is -2.45. The maximum Gasteiger partial charge on any atom is 0.230 e. The van der Waals surface area contributed by atoms with Gasteiger partial charge >= 0.3 is 0 Å². The maximum atomic E-state index is 12.9. The summed E-state index contributed by atoms with van der Waals surface area (Å²) >= 11 is 5.97. The van der Waals surface area contributed by atoms with Crippen LogP contribution >= 0.6 is 11.6 Å². The molecule has 1 aliphatic heterocycles. The molecule has 1 saturated carbocycles. The lowest BCUT2D eigenvalue weighted by molar-refractivity contribution is -0.132. The number of aromatic nitrogens is 2. The van der Waals surface area contributed by atoms with Crippen molar-refractivity contribution >= 4 is 23.4 Å². The summed E-state index contributed by atoms with van der Waals surface area (Å²) < 4.78 is 4.67. The Morgan fingerprint density at radius 2 is 2.03 bits per heavy atom. The lowest BCUT2D eigenvalue weighted by atomic mass is 9.93. The van der Waals surface area contributed by atoms with Crippen molar-refractivity contribution in [3.63, 3.8) is 0 Å². The summed E-state index contributed by atoms with van der Waals surface area (Å²) in [5.41, 5.74) is 1.85. The summed E-state index contributed by atoms with van der Waals surface area (Å²) in [5, 5.41) is 11.3. The van der Waals surface area contributed by atoms with Gasteiger partial charge in [0.25, 0.3) is 0 Å². The molecule has 0 spiro atoms. The molecule has 154 valence electrons. The van der Waals surface area contributed by atoms with E-state index in [9.17, 15) is 9.59 Å². The number of benzene rings is 1. The zero-order chi connectivity index (χ0) is 20.4. The number of halogens is 1. The Morgan fingerprint density at radius 3 is 2.69 bits per heavy atom. The number of hydrogen-bond donors (Lipinski definition) is 1. The predicted molar refractivity (Wildman–Crippen MR) is 107 cm³/mol. The molecule has 1 aromatic carbocycles. The van der Waals surface area contributed by atoms with Crippen molar-refractivity contribution in [3.05, 3.63) is 46.2 Å². The van der Waals surface area contributed by atoms with E-state index in [1.165, 1.54) is 0 Å². The van der Waals surface area contributed by atoms with E-state index < -0.39 is 5.41 Å². The van der Waals surface area contributed by atoms with E-state index in [1.807, 2.05) is 29.2 Å². The molecular weight excluding hydrogens is 392 g/mol. The molecule has 1 saturated heterocycles. The molecule has 2 aromatic rings. The number of hydrogen-bond acceptors (Lipinski definition) is 5. The Labute approximate surface area is 174 Å². The number of nitrogens with one attached hydrogen (secondary N) is 1. The summed E-state index contributed by atoms with van der Waals surface area (Å²) in [5.74, 6) is 0.362. The summed E-state index contributed by atoms with van der Waals surface area (Å²) in [7, 11) is 0. The van der Waals surface area contributed by atoms with Crippen LogP contribution in [0.15, 0.2) is 28.9 Å². The molecule has 1 aliphatic carbocycles. The lowest BCUT2D eigenvalue weighted by Gasteiger charge is -2.33. The van der Waals surface area contributed by atoms with Crippen LogP contribution in [0.3, 0.4) is 0 Å². The fourth-order valence-electron chi connectivity index (χ4n) is 4.07. The number of amides is 2. The zero-order valence-electron chi connectivity index (χ0n) is 16.5. The van der Waals surface area contributed by atoms with Crippen molar-refractivity contribution in [1.82, 2.24) is 20.5 Å². The molecular formula is C21H25ClN4O3. The van der Waals surface area contributed by atoms with E-state index >= 15 is 0 Å². The van der Waals surface area contributed by atoms with Crippen LogP contribution in [0, 0.1) is 12.8 Å². The van der Waals surface area contributed by atoms with Crippen molar-refractivity contribution in [1.29, 1.82) is 0 Å². The highest BCUT2D eigenvalue weighted by atomic mass is 35.5. The molecule has 0 radical (unpaired) electrons. The van der Waals surface area contributed by atoms with Gasteiger partial charge in [0.15, 0.2) is 0 Å². The van der Waals surface area contributed by atoms with E-state index in [2.05, 4.69) is 20.3 Å². The number of carbonyl (C=O) groups is 2. The third-order valence-corrected chi connectivity index (χ3v) is 6.32. The van der Waals surface area contributed by atoms with E-state index in [1.54, 1.807) is 6.92 Å². The van der Waals surface area contributed by atoms with Gasteiger partial charge in [0.2, 0.25) is 11.8 Å². The van der Waals surface area contributed by atoms with Crippen LogP contribution in [-0.4, -0.2) is 46.7 Å². The Hall–Kier alpha value is -2.41. The summed E-state index contributed by atoms with van der Waals surface area (Å²) in [6, 6.07) is 7.55. The molecule has 8 heteroatoms. The van der Waals surface area contributed by atoms with Gasteiger partial charge in [0.1, 0.15) is 11.4 Å². The predicted octanol–water partition coefficient (Wildman–Crippen LogP) is 2.66. The van der Waals surface area contributed by atoms with Crippen LogP contribution in [0.25, 0.3) is 0 Å². The first-order chi connectivity index (χ1) is 14.0. The van der Waals surface area contributed by atoms with E-state index in [-0.39, 0.29) is 24.2 Å². The first kappa shape index (κ1) is 19.9. The van der Waals surface area contributed by atoms with Crippen molar-refractivity contribution in [2.45, 2.75) is 44.4 Å². The number of nitrogens with zero attached hydrogens (tertiary/aromatic N) is 3. The van der Waals surface area contributed by atoms with Crippen molar-refractivity contribution in [2.24, 2.45) is 5.92 Å². The molecule has 2 amide bonds. The Balaban J connectivity index is 1.30. The first-order valence-corrected chi connectivity index (χ1v) is 10.5. The standard InChI is InChI=1S/C21H25ClN4O3/c1-14-18(25-29-24-14)11-19(27)26-10-2-3-15(13-26)12-23-20(28)21(8-9-21)16-4-6-17(22)7-5-16/h4-7,15H,2-3,8-13H2,1H3,(H,23,28)/t15-/m1/s1. The highest BCUT2D eigenvalue weighted by Gasteiger charge is 2.51. The topological polar surface area (TPSA) is 88.3 Å². The minimum Gasteiger partial charge on any atom is -0.355 e. The maximum absolute atomic E-state index is 12.9. The monoisotopic (exact) mass is 416 g/mol. The third kappa shape index (κ3) is 4.29. The van der Waals surface area contributed by atoms with E-state index in [0.717, 1.165) is 37.8 Å². The van der Waals surface area contributed by atoms with E-state index in [0.29, 0.717) is 29.5 Å². The quantitative estimate of drug-likeness (QED) is 0.782. The SMILES string of the molecule is Cc1nonc1CC(=O)N1CCC[C@H](CNC(=O)C2(c3ccc(Cl)cc3)CC2)C1.